The second-order valence-electron chi connectivity index (χ2n) is 8.99. The topological polar surface area (TPSA) is 9.23 Å². The third kappa shape index (κ3) is 3.96. The van der Waals surface area contributed by atoms with Crippen LogP contribution in [0.4, 0.5) is 17.6 Å². The fraction of sp³-hybridized carbons (Fsp3) is 0.538. The van der Waals surface area contributed by atoms with E-state index in [9.17, 15) is 8.78 Å². The van der Waals surface area contributed by atoms with Crippen LogP contribution in [0, 0.1) is 41.0 Å². The summed E-state index contributed by atoms with van der Waals surface area (Å²) in [5.74, 6) is -3.00. The number of benzene rings is 2. The fourth-order valence-corrected chi connectivity index (χ4v) is 6.00. The molecule has 0 aliphatic heterocycles. The summed E-state index contributed by atoms with van der Waals surface area (Å²) < 4.78 is 64.1. The molecule has 0 bridgehead atoms. The van der Waals surface area contributed by atoms with E-state index in [-0.39, 0.29) is 29.4 Å². The van der Waals surface area contributed by atoms with E-state index < -0.39 is 23.3 Å². The van der Waals surface area contributed by atoms with Gasteiger partial charge in [-0.15, -0.1) is 0 Å². The zero-order chi connectivity index (χ0) is 22.1. The highest BCUT2D eigenvalue weighted by Crippen LogP contribution is 2.56. The third-order valence-electron chi connectivity index (χ3n) is 7.43. The van der Waals surface area contributed by atoms with Gasteiger partial charge < -0.3 is 4.74 Å². The standard InChI is InChI=1S/C26H30F4O/c1-3-5-6-15-7-8-17-16(15)9-10-18(17)19-11-12-20(24(28)23(19)27)21-13-14-22(31-4-2)26(30)25(21)29/h11-18H,3-10H2,1-2H3. The highest BCUT2D eigenvalue weighted by Gasteiger charge is 2.45. The summed E-state index contributed by atoms with van der Waals surface area (Å²) in [4.78, 5) is 0. The van der Waals surface area contributed by atoms with Crippen molar-refractivity contribution in [3.05, 3.63) is 53.1 Å². The quantitative estimate of drug-likeness (QED) is 0.401. The van der Waals surface area contributed by atoms with E-state index in [1.165, 1.54) is 43.9 Å². The molecule has 0 saturated heterocycles. The predicted molar refractivity (Wildman–Crippen MR) is 114 cm³/mol. The van der Waals surface area contributed by atoms with Crippen molar-refractivity contribution in [1.29, 1.82) is 0 Å². The average molecular weight is 435 g/mol. The van der Waals surface area contributed by atoms with E-state index in [0.29, 0.717) is 23.3 Å². The Labute approximate surface area is 181 Å². The van der Waals surface area contributed by atoms with E-state index >= 15 is 8.78 Å². The van der Waals surface area contributed by atoms with Gasteiger partial charge in [0.1, 0.15) is 0 Å². The van der Waals surface area contributed by atoms with Crippen molar-refractivity contribution in [2.45, 2.75) is 64.7 Å². The van der Waals surface area contributed by atoms with Crippen molar-refractivity contribution < 1.29 is 22.3 Å². The highest BCUT2D eigenvalue weighted by molar-refractivity contribution is 5.67. The molecule has 0 spiro atoms. The number of rotatable bonds is 7. The molecule has 31 heavy (non-hydrogen) atoms. The molecule has 5 heteroatoms. The molecule has 168 valence electrons. The molecule has 2 saturated carbocycles. The van der Waals surface area contributed by atoms with E-state index in [0.717, 1.165) is 19.3 Å². The molecule has 4 unspecified atom stereocenters. The smallest absolute Gasteiger partial charge is 0.201 e. The fourth-order valence-electron chi connectivity index (χ4n) is 6.00. The second-order valence-corrected chi connectivity index (χ2v) is 8.99. The van der Waals surface area contributed by atoms with Crippen molar-refractivity contribution in [3.63, 3.8) is 0 Å². The highest BCUT2D eigenvalue weighted by atomic mass is 19.2. The summed E-state index contributed by atoms with van der Waals surface area (Å²) in [7, 11) is 0. The van der Waals surface area contributed by atoms with Gasteiger partial charge in [0.2, 0.25) is 5.82 Å². The molecule has 2 aromatic carbocycles. The molecule has 1 nitrogen and oxygen atoms in total. The monoisotopic (exact) mass is 434 g/mol. The maximum absolute atomic E-state index is 15.2. The van der Waals surface area contributed by atoms with Crippen LogP contribution in [0.25, 0.3) is 11.1 Å². The van der Waals surface area contributed by atoms with Crippen LogP contribution in [0.3, 0.4) is 0 Å². The third-order valence-corrected chi connectivity index (χ3v) is 7.43. The van der Waals surface area contributed by atoms with Crippen LogP contribution >= 0.6 is 0 Å². The summed E-state index contributed by atoms with van der Waals surface area (Å²) in [6, 6.07) is 5.46. The summed E-state index contributed by atoms with van der Waals surface area (Å²) in [5, 5.41) is 0. The Kier molecular flexibility index (Phi) is 6.59. The van der Waals surface area contributed by atoms with E-state index in [1.54, 1.807) is 13.0 Å². The first-order chi connectivity index (χ1) is 15.0. The summed E-state index contributed by atoms with van der Waals surface area (Å²) >= 11 is 0. The molecule has 4 atom stereocenters. The lowest BCUT2D eigenvalue weighted by Crippen LogP contribution is -2.14. The van der Waals surface area contributed by atoms with Crippen LogP contribution in [0.1, 0.15) is 70.3 Å². The van der Waals surface area contributed by atoms with Gasteiger partial charge in [-0.05, 0) is 74.0 Å². The van der Waals surface area contributed by atoms with Gasteiger partial charge >= 0.3 is 0 Å². The van der Waals surface area contributed by atoms with Crippen molar-refractivity contribution >= 4 is 0 Å². The van der Waals surface area contributed by atoms with Gasteiger partial charge in [-0.1, -0.05) is 38.3 Å². The zero-order valence-electron chi connectivity index (χ0n) is 18.2. The molecule has 4 rings (SSSR count). The van der Waals surface area contributed by atoms with Crippen LogP contribution in [0.5, 0.6) is 5.75 Å². The number of ether oxygens (including phenoxy) is 1. The van der Waals surface area contributed by atoms with E-state index in [1.807, 2.05) is 0 Å². The minimum absolute atomic E-state index is 0.00193. The van der Waals surface area contributed by atoms with Gasteiger partial charge in [0.05, 0.1) is 6.61 Å². The first-order valence-corrected chi connectivity index (χ1v) is 11.6. The molecule has 0 radical (unpaired) electrons. The lowest BCUT2D eigenvalue weighted by molar-refractivity contribution is 0.314. The largest absolute Gasteiger partial charge is 0.491 e. The normalized spacial score (nSPS) is 25.1. The molecule has 2 fully saturated rings. The molecule has 2 aliphatic carbocycles. The van der Waals surface area contributed by atoms with E-state index in [4.69, 9.17) is 4.74 Å². The van der Waals surface area contributed by atoms with Gasteiger partial charge in [0.15, 0.2) is 23.2 Å². The Morgan fingerprint density at radius 2 is 1.45 bits per heavy atom. The Morgan fingerprint density at radius 3 is 2.16 bits per heavy atom. The van der Waals surface area contributed by atoms with Crippen LogP contribution in [-0.2, 0) is 0 Å². The van der Waals surface area contributed by atoms with Crippen LogP contribution in [0.15, 0.2) is 24.3 Å². The van der Waals surface area contributed by atoms with Gasteiger partial charge in [0, 0.05) is 11.1 Å². The summed E-state index contributed by atoms with van der Waals surface area (Å²) in [5.41, 5.74) is -0.173. The van der Waals surface area contributed by atoms with Crippen molar-refractivity contribution in [2.24, 2.45) is 17.8 Å². The predicted octanol–water partition coefficient (Wildman–Crippen LogP) is 8.02. The Hall–Kier alpha value is -2.04. The van der Waals surface area contributed by atoms with Gasteiger partial charge in [-0.25, -0.2) is 13.2 Å². The molecule has 0 amide bonds. The summed E-state index contributed by atoms with van der Waals surface area (Å²) in [6.45, 7) is 4.03. The average Bonchev–Trinajstić information content (AvgIpc) is 3.35. The van der Waals surface area contributed by atoms with Gasteiger partial charge in [-0.3, -0.25) is 0 Å². The Balaban J connectivity index is 1.62. The van der Waals surface area contributed by atoms with Crippen LogP contribution in [0.2, 0.25) is 0 Å². The van der Waals surface area contributed by atoms with Crippen molar-refractivity contribution in [2.75, 3.05) is 6.61 Å². The molecule has 0 aromatic heterocycles. The number of unbranched alkanes of at least 4 members (excludes halogenated alkanes) is 1. The number of hydrogen-bond acceptors (Lipinski definition) is 1. The molecular formula is C26H30F4O. The van der Waals surface area contributed by atoms with Crippen LogP contribution < -0.4 is 4.74 Å². The maximum atomic E-state index is 15.2. The molecule has 0 heterocycles. The van der Waals surface area contributed by atoms with Crippen molar-refractivity contribution in [3.8, 4) is 16.9 Å². The van der Waals surface area contributed by atoms with Crippen molar-refractivity contribution in [1.82, 2.24) is 0 Å². The second kappa shape index (κ2) is 9.22. The van der Waals surface area contributed by atoms with E-state index in [2.05, 4.69) is 6.92 Å². The first kappa shape index (κ1) is 22.2. The zero-order valence-corrected chi connectivity index (χ0v) is 18.2. The lowest BCUT2D eigenvalue weighted by atomic mass is 9.83. The number of hydrogen-bond donors (Lipinski definition) is 0. The van der Waals surface area contributed by atoms with Gasteiger partial charge in [0.25, 0.3) is 0 Å². The number of halogens is 4. The Bertz CT molecular complexity index is 941. The minimum Gasteiger partial charge on any atom is -0.491 e. The Morgan fingerprint density at radius 1 is 0.774 bits per heavy atom. The molecule has 2 aromatic rings. The molecule has 2 aliphatic rings. The van der Waals surface area contributed by atoms with Gasteiger partial charge in [-0.2, -0.15) is 4.39 Å². The van der Waals surface area contributed by atoms with Crippen LogP contribution in [-0.4, -0.2) is 6.61 Å². The first-order valence-electron chi connectivity index (χ1n) is 11.6. The maximum Gasteiger partial charge on any atom is 0.201 e. The SMILES string of the molecule is CCCCC1CCC2C(c3ccc(-c4ccc(OCC)c(F)c4F)c(F)c3F)CCC12. The number of fused-ring (bicyclic) bond motifs is 1. The lowest BCUT2D eigenvalue weighted by Gasteiger charge is -2.22. The minimum atomic E-state index is -1.23. The molecule has 0 N–H and O–H groups in total. The molecular weight excluding hydrogens is 404 g/mol. The summed E-state index contributed by atoms with van der Waals surface area (Å²) in [6.07, 6.45) is 7.78.